The second-order valence-electron chi connectivity index (χ2n) is 3.76. The van der Waals surface area contributed by atoms with E-state index in [1.54, 1.807) is 0 Å². The predicted molar refractivity (Wildman–Crippen MR) is 71.9 cm³/mol. The first-order valence-electron chi connectivity index (χ1n) is 5.38. The van der Waals surface area contributed by atoms with Gasteiger partial charge in [0.1, 0.15) is 5.56 Å². The Morgan fingerprint density at radius 2 is 1.95 bits per heavy atom. The largest absolute Gasteiger partial charge is 0.545 e. The molecule has 0 fully saturated rings. The molecule has 0 unspecified atom stereocenters. The molecule has 1 aromatic carbocycles. The van der Waals surface area contributed by atoms with Crippen molar-refractivity contribution in [3.05, 3.63) is 50.5 Å². The number of aromatic hydroxyl groups is 1. The van der Waals surface area contributed by atoms with E-state index >= 15 is 0 Å². The van der Waals surface area contributed by atoms with Gasteiger partial charge in [-0.1, -0.05) is 12.1 Å². The van der Waals surface area contributed by atoms with Gasteiger partial charge in [-0.2, -0.15) is 0 Å². The van der Waals surface area contributed by atoms with E-state index in [1.165, 1.54) is 24.3 Å². The van der Waals surface area contributed by atoms with Crippen LogP contribution in [0.15, 0.2) is 34.1 Å². The number of hydrogen-bond donors (Lipinski definition) is 3. The number of aromatic carboxylic acids is 1. The summed E-state index contributed by atoms with van der Waals surface area (Å²) in [4.78, 5) is 30.8. The van der Waals surface area contributed by atoms with Crippen molar-refractivity contribution in [1.82, 2.24) is 9.97 Å². The van der Waals surface area contributed by atoms with Gasteiger partial charge < -0.3 is 20.0 Å². The Kier molecular flexibility index (Phi) is 3.76. The molecule has 20 heavy (non-hydrogen) atoms. The summed E-state index contributed by atoms with van der Waals surface area (Å²) in [6, 6.07) is 5.53. The molecule has 8 heteroatoms. The molecule has 102 valence electrons. The SMILES string of the molecule is O=C([O-])c1ccc(N=Cc2c(O)[nH]c(=S)[nH]c2=O)cc1. The number of carbonyl (C=O) groups excluding carboxylic acids is 1. The Morgan fingerprint density at radius 3 is 2.50 bits per heavy atom. The second-order valence-corrected chi connectivity index (χ2v) is 4.17. The zero-order chi connectivity index (χ0) is 14.7. The lowest BCUT2D eigenvalue weighted by Crippen LogP contribution is -2.21. The molecule has 0 bridgehead atoms. The maximum atomic E-state index is 11.5. The van der Waals surface area contributed by atoms with Crippen LogP contribution >= 0.6 is 12.2 Å². The highest BCUT2D eigenvalue weighted by Crippen LogP contribution is 2.13. The molecule has 1 aromatic heterocycles. The minimum atomic E-state index is -1.29. The number of hydrogen-bond acceptors (Lipinski definition) is 6. The molecule has 7 nitrogen and oxygen atoms in total. The molecular formula is C12H8N3O4S-. The minimum Gasteiger partial charge on any atom is -0.545 e. The predicted octanol–water partition coefficient (Wildman–Crippen LogP) is 0.252. The van der Waals surface area contributed by atoms with E-state index in [0.717, 1.165) is 6.21 Å². The Bertz CT molecular complexity index is 790. The van der Waals surface area contributed by atoms with Gasteiger partial charge in [0, 0.05) is 6.21 Å². The number of carbonyl (C=O) groups is 1. The molecule has 0 aliphatic heterocycles. The number of carboxylic acids is 1. The van der Waals surface area contributed by atoms with Crippen LogP contribution in [0.3, 0.4) is 0 Å². The van der Waals surface area contributed by atoms with Gasteiger partial charge in [-0.25, -0.2) is 0 Å². The third-order valence-electron chi connectivity index (χ3n) is 2.40. The van der Waals surface area contributed by atoms with Crippen LogP contribution in [0, 0.1) is 4.77 Å². The first kappa shape index (κ1) is 13.7. The van der Waals surface area contributed by atoms with Crippen molar-refractivity contribution in [3.8, 4) is 5.88 Å². The lowest BCUT2D eigenvalue weighted by Gasteiger charge is -2.01. The summed E-state index contributed by atoms with van der Waals surface area (Å²) in [5.74, 6) is -1.68. The van der Waals surface area contributed by atoms with Crippen molar-refractivity contribution in [2.45, 2.75) is 0 Å². The fourth-order valence-corrected chi connectivity index (χ4v) is 1.62. The second kappa shape index (κ2) is 5.49. The third kappa shape index (κ3) is 2.98. The zero-order valence-electron chi connectivity index (χ0n) is 9.91. The van der Waals surface area contributed by atoms with Crippen LogP contribution in [0.25, 0.3) is 0 Å². The van der Waals surface area contributed by atoms with Crippen LogP contribution in [-0.4, -0.2) is 27.3 Å². The smallest absolute Gasteiger partial charge is 0.264 e. The van der Waals surface area contributed by atoms with Crippen LogP contribution in [0.1, 0.15) is 15.9 Å². The summed E-state index contributed by atoms with van der Waals surface area (Å²) in [7, 11) is 0. The Labute approximate surface area is 117 Å². The summed E-state index contributed by atoms with van der Waals surface area (Å²) in [5.41, 5.74) is -0.228. The normalized spacial score (nSPS) is 10.8. The quantitative estimate of drug-likeness (QED) is 0.552. The molecule has 0 atom stereocenters. The standard InChI is InChI=1S/C12H9N3O4S/c16-9-8(10(17)15-12(20)14-9)5-13-7-3-1-6(2-4-7)11(18)19/h1-5H,(H,18,19)(H3,14,15,16,17,20)/p-1. The van der Waals surface area contributed by atoms with Crippen molar-refractivity contribution in [2.24, 2.45) is 4.99 Å². The van der Waals surface area contributed by atoms with E-state index in [9.17, 15) is 19.8 Å². The van der Waals surface area contributed by atoms with Crippen molar-refractivity contribution in [1.29, 1.82) is 0 Å². The molecule has 2 aromatic rings. The maximum absolute atomic E-state index is 11.5. The molecular weight excluding hydrogens is 282 g/mol. The average molecular weight is 290 g/mol. The highest BCUT2D eigenvalue weighted by atomic mass is 32.1. The number of carboxylic acid groups (broad SMARTS) is 1. The van der Waals surface area contributed by atoms with Crippen molar-refractivity contribution < 1.29 is 15.0 Å². The minimum absolute atomic E-state index is 0.00274. The van der Waals surface area contributed by atoms with Crippen LogP contribution in [-0.2, 0) is 0 Å². The lowest BCUT2D eigenvalue weighted by atomic mass is 10.2. The Balaban J connectivity index is 2.32. The monoisotopic (exact) mass is 290 g/mol. The highest BCUT2D eigenvalue weighted by Gasteiger charge is 2.04. The van der Waals surface area contributed by atoms with E-state index in [1.807, 2.05) is 0 Å². The molecule has 0 aliphatic carbocycles. The molecule has 0 radical (unpaired) electrons. The molecule has 3 N–H and O–H groups in total. The Morgan fingerprint density at radius 1 is 1.30 bits per heavy atom. The summed E-state index contributed by atoms with van der Waals surface area (Å²) < 4.78 is 0.00274. The maximum Gasteiger partial charge on any atom is 0.264 e. The van der Waals surface area contributed by atoms with Gasteiger partial charge in [0.2, 0.25) is 5.88 Å². The van der Waals surface area contributed by atoms with E-state index in [0.29, 0.717) is 5.69 Å². The number of H-pyrrole nitrogens is 2. The zero-order valence-corrected chi connectivity index (χ0v) is 10.7. The first-order chi connectivity index (χ1) is 9.47. The van der Waals surface area contributed by atoms with Crippen molar-refractivity contribution in [3.63, 3.8) is 0 Å². The van der Waals surface area contributed by atoms with Gasteiger partial charge in [0.05, 0.1) is 11.7 Å². The van der Waals surface area contributed by atoms with E-state index in [-0.39, 0.29) is 15.9 Å². The molecule has 0 amide bonds. The van der Waals surface area contributed by atoms with E-state index in [4.69, 9.17) is 0 Å². The number of nitrogens with zero attached hydrogens (tertiary/aromatic N) is 1. The van der Waals surface area contributed by atoms with Gasteiger partial charge in [-0.15, -0.1) is 0 Å². The number of aromatic nitrogens is 2. The highest BCUT2D eigenvalue weighted by molar-refractivity contribution is 7.71. The Hall–Kier alpha value is -2.74. The lowest BCUT2D eigenvalue weighted by molar-refractivity contribution is -0.255. The van der Waals surface area contributed by atoms with E-state index < -0.39 is 17.4 Å². The van der Waals surface area contributed by atoms with Gasteiger partial charge in [-0.3, -0.25) is 14.8 Å². The number of aliphatic imine (C=N–C) groups is 1. The average Bonchev–Trinajstić information content (AvgIpc) is 2.38. The van der Waals surface area contributed by atoms with E-state index in [2.05, 4.69) is 27.2 Å². The molecule has 1 heterocycles. The number of benzene rings is 1. The number of nitrogens with one attached hydrogen (secondary N) is 2. The fourth-order valence-electron chi connectivity index (χ4n) is 1.43. The number of rotatable bonds is 3. The van der Waals surface area contributed by atoms with Crippen LogP contribution in [0.4, 0.5) is 5.69 Å². The summed E-state index contributed by atoms with van der Waals surface area (Å²) in [6.45, 7) is 0. The van der Waals surface area contributed by atoms with Gasteiger partial charge in [0.25, 0.3) is 5.56 Å². The van der Waals surface area contributed by atoms with Crippen LogP contribution < -0.4 is 10.7 Å². The molecule has 2 rings (SSSR count). The van der Waals surface area contributed by atoms with Gasteiger partial charge in [-0.05, 0) is 29.9 Å². The van der Waals surface area contributed by atoms with Crippen LogP contribution in [0.2, 0.25) is 0 Å². The summed E-state index contributed by atoms with van der Waals surface area (Å²) in [6.07, 6.45) is 1.15. The summed E-state index contributed by atoms with van der Waals surface area (Å²) >= 11 is 4.69. The number of aromatic amines is 2. The topological polar surface area (TPSA) is 121 Å². The van der Waals surface area contributed by atoms with Gasteiger partial charge >= 0.3 is 0 Å². The third-order valence-corrected chi connectivity index (χ3v) is 2.61. The summed E-state index contributed by atoms with van der Waals surface area (Å²) in [5, 5.41) is 20.1. The molecule has 0 saturated carbocycles. The fraction of sp³-hybridized carbons (Fsp3) is 0. The van der Waals surface area contributed by atoms with Crippen LogP contribution in [0.5, 0.6) is 5.88 Å². The van der Waals surface area contributed by atoms with Gasteiger partial charge in [0.15, 0.2) is 4.77 Å². The molecule has 0 aliphatic rings. The molecule has 0 spiro atoms. The first-order valence-corrected chi connectivity index (χ1v) is 5.79. The van der Waals surface area contributed by atoms with Crippen molar-refractivity contribution >= 4 is 30.1 Å². The van der Waals surface area contributed by atoms with Crippen molar-refractivity contribution in [2.75, 3.05) is 0 Å². The molecule has 0 saturated heterocycles.